The smallest absolute Gasteiger partial charge is 0.372 e. The van der Waals surface area contributed by atoms with E-state index in [4.69, 9.17) is 0 Å². The molecule has 0 fully saturated rings. The average molecular weight is 366 g/mol. The number of rotatable bonds is 5. The summed E-state index contributed by atoms with van der Waals surface area (Å²) < 4.78 is 40.9. The van der Waals surface area contributed by atoms with Gasteiger partial charge in [0.25, 0.3) is 11.7 Å². The lowest BCUT2D eigenvalue weighted by molar-refractivity contribution is -0.173. The van der Waals surface area contributed by atoms with Gasteiger partial charge in [-0.2, -0.15) is 13.2 Å². The van der Waals surface area contributed by atoms with Crippen LogP contribution in [0.25, 0.3) is 0 Å². The van der Waals surface area contributed by atoms with E-state index < -0.39 is 24.5 Å². The van der Waals surface area contributed by atoms with Crippen molar-refractivity contribution in [3.63, 3.8) is 0 Å². The fraction of sp³-hybridized carbons (Fsp3) is 0.385. The third kappa shape index (κ3) is 3.82. The minimum absolute atomic E-state index is 0.131. The molecule has 0 spiro atoms. The monoisotopic (exact) mass is 365 g/mol. The van der Waals surface area contributed by atoms with Crippen molar-refractivity contribution in [2.75, 3.05) is 24.7 Å². The van der Waals surface area contributed by atoms with Crippen LogP contribution in [0.4, 0.5) is 18.9 Å². The van der Waals surface area contributed by atoms with Crippen LogP contribution in [0.5, 0.6) is 0 Å². The Morgan fingerprint density at radius 2 is 1.95 bits per heavy atom. The van der Waals surface area contributed by atoms with E-state index in [0.717, 1.165) is 0 Å². The fourth-order valence-corrected chi connectivity index (χ4v) is 2.35. The number of fused-ring (bicyclic) bond motifs is 1. The van der Waals surface area contributed by atoms with Gasteiger partial charge in [0.15, 0.2) is 0 Å². The molecule has 0 radical (unpaired) electrons. The van der Waals surface area contributed by atoms with E-state index in [1.807, 2.05) is 0 Å². The summed E-state index contributed by atoms with van der Waals surface area (Å²) in [5, 5.41) is 0. The van der Waals surface area contributed by atoms with Crippen molar-refractivity contribution >= 4 is 33.3 Å². The van der Waals surface area contributed by atoms with Gasteiger partial charge in [0.2, 0.25) is 0 Å². The average Bonchev–Trinajstić information content (AvgIpc) is 2.61. The summed E-state index contributed by atoms with van der Waals surface area (Å²) in [6.07, 6.45) is -4.15. The molecule has 0 unspecified atom stereocenters. The fourth-order valence-electron chi connectivity index (χ4n) is 2.00. The van der Waals surface area contributed by atoms with Crippen molar-refractivity contribution in [2.24, 2.45) is 0 Å². The summed E-state index contributed by atoms with van der Waals surface area (Å²) >= 11 is 3.25. The summed E-state index contributed by atoms with van der Waals surface area (Å²) in [6, 6.07) is 4.83. The van der Waals surface area contributed by atoms with Gasteiger partial charge in [0.05, 0.1) is 11.3 Å². The number of ether oxygens (including phenoxy) is 1. The molecular weight excluding hydrogens is 355 g/mol. The molecule has 1 amide bonds. The van der Waals surface area contributed by atoms with Gasteiger partial charge in [-0.1, -0.05) is 15.9 Å². The van der Waals surface area contributed by atoms with Crippen LogP contribution < -0.4 is 4.90 Å². The molecule has 1 heterocycles. The molecular formula is C13H11BrF3NO3. The van der Waals surface area contributed by atoms with E-state index >= 15 is 0 Å². The first-order chi connectivity index (χ1) is 9.79. The summed E-state index contributed by atoms with van der Waals surface area (Å²) in [7, 11) is 0. The van der Waals surface area contributed by atoms with Crippen molar-refractivity contribution in [1.29, 1.82) is 0 Å². The Balaban J connectivity index is 1.94. The van der Waals surface area contributed by atoms with Crippen LogP contribution >= 0.6 is 15.9 Å². The number of nitrogens with zero attached hydrogens (tertiary/aromatic N) is 1. The molecule has 0 saturated carbocycles. The Morgan fingerprint density at radius 1 is 1.24 bits per heavy atom. The van der Waals surface area contributed by atoms with Gasteiger partial charge >= 0.3 is 6.18 Å². The van der Waals surface area contributed by atoms with Gasteiger partial charge in [-0.05, 0) is 24.6 Å². The molecule has 1 aromatic rings. The van der Waals surface area contributed by atoms with Crippen LogP contribution in [0.2, 0.25) is 0 Å². The minimum Gasteiger partial charge on any atom is -0.372 e. The van der Waals surface area contributed by atoms with Crippen LogP contribution in [-0.2, 0) is 9.53 Å². The molecule has 1 aromatic carbocycles. The highest BCUT2D eigenvalue weighted by atomic mass is 79.9. The largest absolute Gasteiger partial charge is 0.411 e. The third-order valence-electron chi connectivity index (χ3n) is 2.87. The number of amides is 1. The lowest BCUT2D eigenvalue weighted by Crippen LogP contribution is -2.31. The summed E-state index contributed by atoms with van der Waals surface area (Å²) in [6.45, 7) is -1.32. The number of Topliss-reactive ketones (excluding diaryl/α,β-unsaturated/α-hetero) is 1. The number of carbonyl (C=O) groups is 2. The van der Waals surface area contributed by atoms with Gasteiger partial charge in [-0.15, -0.1) is 0 Å². The zero-order valence-electron chi connectivity index (χ0n) is 10.7. The number of carbonyl (C=O) groups excluding carboxylic acids is 2. The van der Waals surface area contributed by atoms with Crippen LogP contribution in [-0.4, -0.2) is 37.6 Å². The molecule has 21 heavy (non-hydrogen) atoms. The molecule has 1 aliphatic heterocycles. The number of alkyl halides is 3. The van der Waals surface area contributed by atoms with Crippen molar-refractivity contribution < 1.29 is 27.5 Å². The van der Waals surface area contributed by atoms with Crippen LogP contribution in [0.3, 0.4) is 0 Å². The lowest BCUT2D eigenvalue weighted by atomic mass is 10.1. The van der Waals surface area contributed by atoms with Gasteiger partial charge in [0.1, 0.15) is 6.61 Å². The van der Waals surface area contributed by atoms with Crippen LogP contribution in [0.15, 0.2) is 22.7 Å². The summed E-state index contributed by atoms with van der Waals surface area (Å²) in [4.78, 5) is 24.9. The number of benzene rings is 1. The Hall–Kier alpha value is -1.41. The molecule has 0 N–H and O–H groups in total. The molecule has 0 bridgehead atoms. The first-order valence-corrected chi connectivity index (χ1v) is 6.89. The predicted octanol–water partition coefficient (Wildman–Crippen LogP) is 2.95. The molecule has 0 atom stereocenters. The third-order valence-corrected chi connectivity index (χ3v) is 3.36. The molecule has 114 valence electrons. The Morgan fingerprint density at radius 3 is 2.62 bits per heavy atom. The second kappa shape index (κ2) is 6.15. The second-order valence-electron chi connectivity index (χ2n) is 4.47. The van der Waals surface area contributed by atoms with E-state index in [9.17, 15) is 22.8 Å². The number of ketones is 1. The van der Waals surface area contributed by atoms with E-state index in [1.54, 1.807) is 18.2 Å². The standard InChI is InChI=1S/C13H11BrF3NO3/c14-8-2-3-9-10(6-8)18(12(20)11(9)19)4-1-5-21-7-13(15,16)17/h2-3,6H,1,4-5,7H2. The van der Waals surface area contributed by atoms with Crippen LogP contribution in [0.1, 0.15) is 16.8 Å². The Bertz CT molecular complexity index is 574. The van der Waals surface area contributed by atoms with Crippen molar-refractivity contribution in [3.8, 4) is 0 Å². The van der Waals surface area contributed by atoms with E-state index in [0.29, 0.717) is 15.7 Å². The minimum atomic E-state index is -4.36. The molecule has 0 saturated heterocycles. The Labute approximate surface area is 127 Å². The molecule has 0 aromatic heterocycles. The highest BCUT2D eigenvalue weighted by Crippen LogP contribution is 2.31. The van der Waals surface area contributed by atoms with E-state index in [1.165, 1.54) is 4.90 Å². The number of hydrogen-bond donors (Lipinski definition) is 0. The van der Waals surface area contributed by atoms with Crippen molar-refractivity contribution in [3.05, 3.63) is 28.2 Å². The van der Waals surface area contributed by atoms with Gasteiger partial charge in [-0.3, -0.25) is 9.59 Å². The second-order valence-corrected chi connectivity index (χ2v) is 5.38. The van der Waals surface area contributed by atoms with Crippen molar-refractivity contribution in [2.45, 2.75) is 12.6 Å². The summed E-state index contributed by atoms with van der Waals surface area (Å²) in [5.74, 6) is -1.27. The molecule has 0 aliphatic carbocycles. The predicted molar refractivity (Wildman–Crippen MR) is 72.3 cm³/mol. The van der Waals surface area contributed by atoms with Crippen LogP contribution in [0, 0.1) is 0 Å². The number of halogens is 4. The molecule has 4 nitrogen and oxygen atoms in total. The number of anilines is 1. The Kier molecular flexibility index (Phi) is 4.67. The normalized spacial score (nSPS) is 14.8. The van der Waals surface area contributed by atoms with Crippen molar-refractivity contribution in [1.82, 2.24) is 0 Å². The molecule has 2 rings (SSSR count). The first-order valence-electron chi connectivity index (χ1n) is 6.10. The zero-order chi connectivity index (χ0) is 15.6. The molecule has 8 heteroatoms. The summed E-state index contributed by atoms with van der Waals surface area (Å²) in [5.41, 5.74) is 0.773. The van der Waals surface area contributed by atoms with Gasteiger partial charge in [0, 0.05) is 17.6 Å². The van der Waals surface area contributed by atoms with Gasteiger partial charge in [-0.25, -0.2) is 0 Å². The lowest BCUT2D eigenvalue weighted by Gasteiger charge is -2.16. The molecule has 1 aliphatic rings. The first kappa shape index (κ1) is 16.0. The van der Waals surface area contributed by atoms with Gasteiger partial charge < -0.3 is 9.64 Å². The SMILES string of the molecule is O=C1C(=O)N(CCCOCC(F)(F)F)c2cc(Br)ccc21. The van der Waals surface area contributed by atoms with E-state index in [-0.39, 0.29) is 19.6 Å². The maximum atomic E-state index is 11.9. The zero-order valence-corrected chi connectivity index (χ0v) is 12.3. The highest BCUT2D eigenvalue weighted by molar-refractivity contribution is 9.10. The highest BCUT2D eigenvalue weighted by Gasteiger charge is 2.35. The maximum absolute atomic E-state index is 11.9. The maximum Gasteiger partial charge on any atom is 0.411 e. The quantitative estimate of drug-likeness (QED) is 0.595. The topological polar surface area (TPSA) is 46.6 Å². The van der Waals surface area contributed by atoms with E-state index in [2.05, 4.69) is 20.7 Å². The number of hydrogen-bond acceptors (Lipinski definition) is 3.